The Kier molecular flexibility index (Phi) is 3.97. The summed E-state index contributed by atoms with van der Waals surface area (Å²) >= 11 is 6.38. The Morgan fingerprint density at radius 1 is 1.24 bits per heavy atom. The summed E-state index contributed by atoms with van der Waals surface area (Å²) in [5.74, 6) is 0.953. The Hall–Kier alpha value is -1.07. The van der Waals surface area contributed by atoms with Gasteiger partial charge in [0.25, 0.3) is 0 Å². The zero-order chi connectivity index (χ0) is 15.1. The molecule has 1 aliphatic rings. The van der Waals surface area contributed by atoms with Gasteiger partial charge in [0.05, 0.1) is 11.1 Å². The molecule has 3 rings (SSSR count). The van der Waals surface area contributed by atoms with Crippen LogP contribution in [0.2, 0.25) is 0 Å². The molecular weight excluding hydrogens is 286 g/mol. The smallest absolute Gasteiger partial charge is 0.159 e. The molecule has 1 fully saturated rings. The Morgan fingerprint density at radius 3 is 2.52 bits per heavy atom. The first-order chi connectivity index (χ1) is 9.99. The molecule has 2 aromatic heterocycles. The fourth-order valence-corrected chi connectivity index (χ4v) is 3.60. The molecule has 1 saturated heterocycles. The highest BCUT2D eigenvalue weighted by molar-refractivity contribution is 6.20. The van der Waals surface area contributed by atoms with Crippen molar-refractivity contribution in [3.05, 3.63) is 11.5 Å². The van der Waals surface area contributed by atoms with Gasteiger partial charge in [0.2, 0.25) is 0 Å². The van der Waals surface area contributed by atoms with Gasteiger partial charge in [0.15, 0.2) is 5.65 Å². The Morgan fingerprint density at radius 2 is 1.90 bits per heavy atom. The molecular formula is C15H24ClN5. The quantitative estimate of drug-likeness (QED) is 0.815. The molecule has 116 valence electrons. The normalized spacial score (nSPS) is 19.5. The summed E-state index contributed by atoms with van der Waals surface area (Å²) in [6.45, 7) is 9.71. The van der Waals surface area contributed by atoms with Gasteiger partial charge in [-0.25, -0.2) is 4.98 Å². The molecule has 0 bridgehead atoms. The number of hydrogen-bond acceptors (Lipinski definition) is 3. The molecule has 0 N–H and O–H groups in total. The maximum absolute atomic E-state index is 6.38. The van der Waals surface area contributed by atoms with Gasteiger partial charge in [0.1, 0.15) is 11.3 Å². The lowest BCUT2D eigenvalue weighted by Gasteiger charge is -2.24. The zero-order valence-electron chi connectivity index (χ0n) is 13.3. The van der Waals surface area contributed by atoms with E-state index in [1.807, 2.05) is 25.6 Å². The number of hydrogen-bond donors (Lipinski definition) is 0. The predicted molar refractivity (Wildman–Crippen MR) is 85.9 cm³/mol. The number of rotatable bonds is 4. The monoisotopic (exact) mass is 309 g/mol. The second-order valence-electron chi connectivity index (χ2n) is 6.19. The summed E-state index contributed by atoms with van der Waals surface area (Å²) in [5.41, 5.74) is 3.04. The summed E-state index contributed by atoms with van der Waals surface area (Å²) in [7, 11) is 1.98. The number of imidazole rings is 1. The van der Waals surface area contributed by atoms with Gasteiger partial charge in [-0.1, -0.05) is 0 Å². The number of halogens is 1. The van der Waals surface area contributed by atoms with Crippen LogP contribution >= 0.6 is 11.6 Å². The van der Waals surface area contributed by atoms with E-state index < -0.39 is 0 Å². The molecule has 2 unspecified atom stereocenters. The van der Waals surface area contributed by atoms with Gasteiger partial charge in [-0.15, -0.1) is 11.6 Å². The number of aryl methyl sites for hydroxylation is 2. The van der Waals surface area contributed by atoms with Crippen LogP contribution in [-0.2, 0) is 7.05 Å². The van der Waals surface area contributed by atoms with Crippen LogP contribution in [-0.4, -0.2) is 43.9 Å². The van der Waals surface area contributed by atoms with Gasteiger partial charge in [-0.2, -0.15) is 5.10 Å². The number of fused-ring (bicyclic) bond motifs is 1. The summed E-state index contributed by atoms with van der Waals surface area (Å²) < 4.78 is 4.21. The molecule has 1 aliphatic heterocycles. The second kappa shape index (κ2) is 5.61. The minimum absolute atomic E-state index is 0.0992. The highest BCUT2D eigenvalue weighted by Gasteiger charge is 2.25. The van der Waals surface area contributed by atoms with Crippen molar-refractivity contribution in [2.45, 2.75) is 45.0 Å². The lowest BCUT2D eigenvalue weighted by atomic mass is 10.3. The molecule has 0 aromatic carbocycles. The molecule has 3 heterocycles. The van der Waals surface area contributed by atoms with Crippen molar-refractivity contribution in [2.24, 2.45) is 7.05 Å². The van der Waals surface area contributed by atoms with Gasteiger partial charge in [-0.05, 0) is 46.7 Å². The van der Waals surface area contributed by atoms with Crippen LogP contribution in [0.3, 0.4) is 0 Å². The van der Waals surface area contributed by atoms with Crippen LogP contribution in [0.5, 0.6) is 0 Å². The summed E-state index contributed by atoms with van der Waals surface area (Å²) in [4.78, 5) is 7.29. The van der Waals surface area contributed by atoms with Crippen LogP contribution in [0.4, 0.5) is 0 Å². The number of alkyl halides is 1. The van der Waals surface area contributed by atoms with Gasteiger partial charge >= 0.3 is 0 Å². The van der Waals surface area contributed by atoms with Crippen LogP contribution in [0.1, 0.15) is 49.6 Å². The van der Waals surface area contributed by atoms with E-state index in [1.54, 1.807) is 0 Å². The van der Waals surface area contributed by atoms with Crippen molar-refractivity contribution in [3.63, 3.8) is 0 Å². The lowest BCUT2D eigenvalue weighted by Crippen LogP contribution is -2.28. The van der Waals surface area contributed by atoms with Crippen LogP contribution < -0.4 is 0 Å². The van der Waals surface area contributed by atoms with Gasteiger partial charge in [0, 0.05) is 19.6 Å². The molecule has 2 aromatic rings. The summed E-state index contributed by atoms with van der Waals surface area (Å²) in [6, 6.07) is 0.346. The van der Waals surface area contributed by atoms with Crippen molar-refractivity contribution >= 4 is 22.8 Å². The molecule has 5 nitrogen and oxygen atoms in total. The van der Waals surface area contributed by atoms with Gasteiger partial charge in [-0.3, -0.25) is 4.68 Å². The summed E-state index contributed by atoms with van der Waals surface area (Å²) in [5, 5.41) is 4.40. The van der Waals surface area contributed by atoms with Gasteiger partial charge < -0.3 is 9.47 Å². The molecule has 2 atom stereocenters. The standard InChI is InChI=1S/C15H24ClN5/c1-10(9-20-7-5-6-8-20)21-14(11(2)16)17-13-12(3)18-19(4)15(13)21/h10-11H,5-9H2,1-4H3. The van der Waals surface area contributed by atoms with Crippen molar-refractivity contribution in [1.29, 1.82) is 0 Å². The Bertz CT molecular complexity index is 636. The van der Waals surface area contributed by atoms with Crippen LogP contribution in [0.15, 0.2) is 0 Å². The van der Waals surface area contributed by atoms with Crippen molar-refractivity contribution in [2.75, 3.05) is 19.6 Å². The maximum Gasteiger partial charge on any atom is 0.159 e. The molecule has 21 heavy (non-hydrogen) atoms. The minimum atomic E-state index is -0.0992. The highest BCUT2D eigenvalue weighted by atomic mass is 35.5. The first-order valence-electron chi connectivity index (χ1n) is 7.77. The first kappa shape index (κ1) is 14.9. The third kappa shape index (κ3) is 2.57. The van der Waals surface area contributed by atoms with E-state index >= 15 is 0 Å². The molecule has 0 spiro atoms. The van der Waals surface area contributed by atoms with Crippen molar-refractivity contribution in [3.8, 4) is 0 Å². The topological polar surface area (TPSA) is 38.9 Å². The Labute approximate surface area is 130 Å². The van der Waals surface area contributed by atoms with E-state index in [0.717, 1.165) is 29.2 Å². The van der Waals surface area contributed by atoms with E-state index in [1.165, 1.54) is 25.9 Å². The Balaban J connectivity index is 2.03. The van der Waals surface area contributed by atoms with E-state index in [0.29, 0.717) is 6.04 Å². The van der Waals surface area contributed by atoms with E-state index in [-0.39, 0.29) is 5.38 Å². The summed E-state index contributed by atoms with van der Waals surface area (Å²) in [6.07, 6.45) is 2.63. The van der Waals surface area contributed by atoms with E-state index in [2.05, 4.69) is 21.5 Å². The SMILES string of the molecule is Cc1nn(C)c2c1nc(C(C)Cl)n2C(C)CN1CCCC1. The van der Waals surface area contributed by atoms with E-state index in [9.17, 15) is 0 Å². The third-order valence-electron chi connectivity index (χ3n) is 4.38. The number of aromatic nitrogens is 4. The molecule has 0 aliphatic carbocycles. The van der Waals surface area contributed by atoms with Crippen molar-refractivity contribution in [1.82, 2.24) is 24.2 Å². The molecule has 6 heteroatoms. The van der Waals surface area contributed by atoms with Crippen LogP contribution in [0.25, 0.3) is 11.2 Å². The third-order valence-corrected chi connectivity index (χ3v) is 4.58. The van der Waals surface area contributed by atoms with E-state index in [4.69, 9.17) is 16.6 Å². The van der Waals surface area contributed by atoms with Crippen LogP contribution in [0, 0.1) is 6.92 Å². The minimum Gasteiger partial charge on any atom is -0.308 e. The average Bonchev–Trinajstić information content (AvgIpc) is 3.08. The molecule has 0 saturated carbocycles. The molecule has 0 radical (unpaired) electrons. The largest absolute Gasteiger partial charge is 0.308 e. The second-order valence-corrected chi connectivity index (χ2v) is 6.85. The highest BCUT2D eigenvalue weighted by Crippen LogP contribution is 2.30. The molecule has 0 amide bonds. The first-order valence-corrected chi connectivity index (χ1v) is 8.20. The van der Waals surface area contributed by atoms with Crippen molar-refractivity contribution < 1.29 is 0 Å². The fourth-order valence-electron chi connectivity index (χ4n) is 3.45. The predicted octanol–water partition coefficient (Wildman–Crippen LogP) is 3.03. The fraction of sp³-hybridized carbons (Fsp3) is 0.733. The lowest BCUT2D eigenvalue weighted by molar-refractivity contribution is 0.286. The number of likely N-dealkylation sites (tertiary alicyclic amines) is 1. The zero-order valence-corrected chi connectivity index (χ0v) is 14.1. The number of nitrogens with zero attached hydrogens (tertiary/aromatic N) is 5. The maximum atomic E-state index is 6.38. The average molecular weight is 310 g/mol.